The van der Waals surface area contributed by atoms with Crippen molar-refractivity contribution in [3.05, 3.63) is 78.0 Å². The van der Waals surface area contributed by atoms with Gasteiger partial charge in [0.25, 0.3) is 0 Å². The third-order valence-electron chi connectivity index (χ3n) is 5.52. The second-order valence-corrected chi connectivity index (χ2v) is 7.66. The Morgan fingerprint density at radius 1 is 1.12 bits per heavy atom. The Balaban J connectivity index is 1.77. The molecule has 170 valence electrons. The van der Waals surface area contributed by atoms with E-state index in [2.05, 4.69) is 5.32 Å². The number of carbonyl (C=O) groups is 1. The number of furan rings is 2. The number of fused-ring (bicyclic) bond motifs is 1. The van der Waals surface area contributed by atoms with Crippen LogP contribution in [0.1, 0.15) is 30.7 Å². The third kappa shape index (κ3) is 4.51. The van der Waals surface area contributed by atoms with Crippen molar-refractivity contribution in [2.75, 3.05) is 13.7 Å². The quantitative estimate of drug-likeness (QED) is 0.330. The van der Waals surface area contributed by atoms with Crippen LogP contribution in [0.25, 0.3) is 27.7 Å². The summed E-state index contributed by atoms with van der Waals surface area (Å²) in [6.45, 7) is 6.63. The fourth-order valence-corrected chi connectivity index (χ4v) is 3.93. The molecule has 0 aliphatic heterocycles. The number of amides is 1. The van der Waals surface area contributed by atoms with Crippen LogP contribution in [0.15, 0.2) is 69.9 Å². The van der Waals surface area contributed by atoms with E-state index in [0.717, 1.165) is 44.5 Å². The lowest BCUT2D eigenvalue weighted by molar-refractivity contribution is -0.116. The molecule has 0 aliphatic rings. The van der Waals surface area contributed by atoms with Crippen LogP contribution in [-0.2, 0) is 11.3 Å². The first kappa shape index (κ1) is 22.3. The molecule has 0 fully saturated rings. The lowest BCUT2D eigenvalue weighted by Gasteiger charge is -2.15. The molecule has 4 aromatic rings. The van der Waals surface area contributed by atoms with Crippen LogP contribution in [0.4, 0.5) is 0 Å². The summed E-state index contributed by atoms with van der Waals surface area (Å²) in [4.78, 5) is 12.6. The largest absolute Gasteiger partial charge is 0.496 e. The Morgan fingerprint density at radius 3 is 2.67 bits per heavy atom. The predicted molar refractivity (Wildman–Crippen MR) is 128 cm³/mol. The van der Waals surface area contributed by atoms with Gasteiger partial charge in [-0.15, -0.1) is 0 Å². The highest BCUT2D eigenvalue weighted by atomic mass is 16.5. The summed E-state index contributed by atoms with van der Waals surface area (Å²) >= 11 is 0. The highest BCUT2D eigenvalue weighted by Crippen LogP contribution is 2.42. The first-order valence-electron chi connectivity index (χ1n) is 10.8. The molecule has 0 aliphatic carbocycles. The van der Waals surface area contributed by atoms with Crippen LogP contribution in [0.5, 0.6) is 11.5 Å². The molecule has 0 spiro atoms. The van der Waals surface area contributed by atoms with Crippen LogP contribution in [0.3, 0.4) is 0 Å². The molecule has 6 heteroatoms. The van der Waals surface area contributed by atoms with E-state index in [4.69, 9.17) is 18.3 Å². The molecule has 0 saturated heterocycles. The van der Waals surface area contributed by atoms with E-state index < -0.39 is 0 Å². The van der Waals surface area contributed by atoms with Crippen LogP contribution < -0.4 is 14.8 Å². The summed E-state index contributed by atoms with van der Waals surface area (Å²) < 4.78 is 22.8. The van der Waals surface area contributed by atoms with Gasteiger partial charge < -0.3 is 23.6 Å². The maximum Gasteiger partial charge on any atom is 0.244 e. The van der Waals surface area contributed by atoms with E-state index in [9.17, 15) is 4.79 Å². The molecule has 0 atom stereocenters. The summed E-state index contributed by atoms with van der Waals surface area (Å²) in [5.74, 6) is 1.96. The highest BCUT2D eigenvalue weighted by Gasteiger charge is 2.20. The number of para-hydroxylation sites is 1. The van der Waals surface area contributed by atoms with Gasteiger partial charge in [-0.2, -0.15) is 0 Å². The third-order valence-corrected chi connectivity index (χ3v) is 5.52. The molecule has 6 nitrogen and oxygen atoms in total. The first-order chi connectivity index (χ1) is 16.0. The Kier molecular flexibility index (Phi) is 6.54. The molecule has 2 heterocycles. The van der Waals surface area contributed by atoms with Gasteiger partial charge in [0.1, 0.15) is 22.8 Å². The highest BCUT2D eigenvalue weighted by molar-refractivity contribution is 6.02. The Hall–Kier alpha value is -3.93. The smallest absolute Gasteiger partial charge is 0.244 e. The van der Waals surface area contributed by atoms with E-state index in [-0.39, 0.29) is 5.91 Å². The second-order valence-electron chi connectivity index (χ2n) is 7.66. The van der Waals surface area contributed by atoms with Gasteiger partial charge >= 0.3 is 0 Å². The number of ether oxygens (including phenoxy) is 2. The minimum atomic E-state index is -0.207. The Bertz CT molecular complexity index is 1300. The number of carbonyl (C=O) groups excluding carboxylic acids is 1. The number of allylic oxidation sites excluding steroid dienone is 1. The van der Waals surface area contributed by atoms with Crippen molar-refractivity contribution in [2.45, 2.75) is 27.3 Å². The fraction of sp³-hybridized carbons (Fsp3) is 0.222. The van der Waals surface area contributed by atoms with Gasteiger partial charge in [0.15, 0.2) is 0 Å². The average molecular weight is 446 g/mol. The van der Waals surface area contributed by atoms with Crippen molar-refractivity contribution in [3.8, 4) is 22.6 Å². The van der Waals surface area contributed by atoms with Gasteiger partial charge in [-0.05, 0) is 50.6 Å². The van der Waals surface area contributed by atoms with Gasteiger partial charge in [0.05, 0.1) is 32.8 Å². The first-order valence-corrected chi connectivity index (χ1v) is 10.8. The average Bonchev–Trinajstić information content (AvgIpc) is 3.49. The summed E-state index contributed by atoms with van der Waals surface area (Å²) in [5.41, 5.74) is 5.11. The van der Waals surface area contributed by atoms with Crippen LogP contribution >= 0.6 is 0 Å². The number of aryl methyl sites for hydroxylation is 1. The molecule has 2 aromatic carbocycles. The summed E-state index contributed by atoms with van der Waals surface area (Å²) in [5, 5.41) is 3.78. The minimum absolute atomic E-state index is 0.207. The Labute approximate surface area is 192 Å². The summed E-state index contributed by atoms with van der Waals surface area (Å²) in [6, 6.07) is 13.4. The van der Waals surface area contributed by atoms with E-state index >= 15 is 0 Å². The lowest BCUT2D eigenvalue weighted by Crippen LogP contribution is -2.20. The van der Waals surface area contributed by atoms with Crippen molar-refractivity contribution in [3.63, 3.8) is 0 Å². The number of hydrogen-bond acceptors (Lipinski definition) is 5. The van der Waals surface area contributed by atoms with Gasteiger partial charge in [0.2, 0.25) is 5.91 Å². The predicted octanol–water partition coefficient (Wildman–Crippen LogP) is 6.13. The van der Waals surface area contributed by atoms with E-state index in [1.54, 1.807) is 31.8 Å². The standard InChI is InChI=1S/C27H27NO5/c1-5-31-26-18(3)27-22(23(16-33-27)20-10-6-7-11-24(20)30-4)14-21(26)17(2)13-25(29)28-15-19-9-8-12-32-19/h6-14,16H,5,15H2,1-4H3,(H,28,29)/b17-13+. The summed E-state index contributed by atoms with van der Waals surface area (Å²) in [6.07, 6.45) is 4.90. The minimum Gasteiger partial charge on any atom is -0.496 e. The van der Waals surface area contributed by atoms with E-state index in [1.807, 2.05) is 57.2 Å². The van der Waals surface area contributed by atoms with E-state index in [0.29, 0.717) is 24.7 Å². The van der Waals surface area contributed by atoms with Gasteiger partial charge in [-0.1, -0.05) is 18.2 Å². The monoisotopic (exact) mass is 445 g/mol. The number of nitrogens with one attached hydrogen (secondary N) is 1. The lowest BCUT2D eigenvalue weighted by atomic mass is 9.96. The van der Waals surface area contributed by atoms with Gasteiger partial charge in [0, 0.05) is 33.7 Å². The van der Waals surface area contributed by atoms with Crippen molar-refractivity contribution < 1.29 is 23.1 Å². The molecule has 4 rings (SSSR count). The molecule has 1 N–H and O–H groups in total. The molecule has 0 bridgehead atoms. The molecule has 2 aromatic heterocycles. The van der Waals surface area contributed by atoms with Crippen LogP contribution in [0, 0.1) is 6.92 Å². The van der Waals surface area contributed by atoms with Gasteiger partial charge in [-0.25, -0.2) is 0 Å². The number of rotatable bonds is 8. The van der Waals surface area contributed by atoms with E-state index in [1.165, 1.54) is 0 Å². The second kappa shape index (κ2) is 9.69. The fourth-order valence-electron chi connectivity index (χ4n) is 3.93. The molecular weight excluding hydrogens is 418 g/mol. The van der Waals surface area contributed by atoms with Crippen molar-refractivity contribution in [1.29, 1.82) is 0 Å². The van der Waals surface area contributed by atoms with Gasteiger partial charge in [-0.3, -0.25) is 4.79 Å². The zero-order valence-electron chi connectivity index (χ0n) is 19.2. The van der Waals surface area contributed by atoms with Crippen LogP contribution in [-0.4, -0.2) is 19.6 Å². The Morgan fingerprint density at radius 2 is 1.94 bits per heavy atom. The topological polar surface area (TPSA) is 73.8 Å². The molecular formula is C27H27NO5. The molecule has 33 heavy (non-hydrogen) atoms. The van der Waals surface area contributed by atoms with Crippen molar-refractivity contribution in [2.24, 2.45) is 0 Å². The van der Waals surface area contributed by atoms with Crippen molar-refractivity contribution in [1.82, 2.24) is 5.32 Å². The molecule has 0 saturated carbocycles. The zero-order valence-corrected chi connectivity index (χ0v) is 19.2. The SMILES string of the molecule is CCOc1c(/C(C)=C/C(=O)NCc2ccco2)cc2c(-c3ccccc3OC)coc2c1C. The number of hydrogen-bond donors (Lipinski definition) is 1. The molecule has 0 radical (unpaired) electrons. The number of benzene rings is 2. The maximum atomic E-state index is 12.6. The van der Waals surface area contributed by atoms with Crippen molar-refractivity contribution >= 4 is 22.4 Å². The normalized spacial score (nSPS) is 11.6. The molecule has 1 amide bonds. The zero-order chi connectivity index (χ0) is 23.4. The molecule has 0 unspecified atom stereocenters. The van der Waals surface area contributed by atoms with Crippen LogP contribution in [0.2, 0.25) is 0 Å². The maximum absolute atomic E-state index is 12.6. The summed E-state index contributed by atoms with van der Waals surface area (Å²) in [7, 11) is 1.65. The number of methoxy groups -OCH3 is 1.